The van der Waals surface area contributed by atoms with Crippen LogP contribution in [0.4, 0.5) is 0 Å². The van der Waals surface area contributed by atoms with Crippen LogP contribution in [0.3, 0.4) is 0 Å². The Hall–Kier alpha value is -1.36. The van der Waals surface area contributed by atoms with Crippen molar-refractivity contribution in [1.29, 1.82) is 0 Å². The Labute approximate surface area is 81.7 Å². The van der Waals surface area contributed by atoms with Crippen molar-refractivity contribution in [2.45, 2.75) is 0 Å². The maximum absolute atomic E-state index is 10.7. The molecule has 0 saturated carbocycles. The molecular formula is C8H5BrN2O2. The number of carboxylic acid groups (broad SMARTS) is 1. The monoisotopic (exact) mass is 240 g/mol. The Balaban J connectivity index is 2.76. The summed E-state index contributed by atoms with van der Waals surface area (Å²) in [4.78, 5) is 17.6. The van der Waals surface area contributed by atoms with Gasteiger partial charge in [0.15, 0.2) is 0 Å². The Morgan fingerprint density at radius 1 is 1.54 bits per heavy atom. The smallest absolute Gasteiger partial charge is 0.337 e. The van der Waals surface area contributed by atoms with Crippen LogP contribution in [0.5, 0.6) is 0 Å². The van der Waals surface area contributed by atoms with Crippen LogP contribution >= 0.6 is 15.9 Å². The molecular weight excluding hydrogens is 236 g/mol. The number of pyridine rings is 1. The number of nitrogens with one attached hydrogen (secondary N) is 1. The highest BCUT2D eigenvalue weighted by Crippen LogP contribution is 2.18. The Kier molecular flexibility index (Phi) is 1.81. The summed E-state index contributed by atoms with van der Waals surface area (Å²) in [5.74, 6) is -0.949. The van der Waals surface area contributed by atoms with Gasteiger partial charge in [-0.15, -0.1) is 0 Å². The highest BCUT2D eigenvalue weighted by Gasteiger charge is 2.10. The van der Waals surface area contributed by atoms with Gasteiger partial charge in [-0.25, -0.2) is 9.78 Å². The van der Waals surface area contributed by atoms with Crippen molar-refractivity contribution < 1.29 is 9.90 Å². The molecule has 0 radical (unpaired) electrons. The standard InChI is InChI=1S/C8H5BrN2O2/c9-6-2-1-4-5(8(12)13)3-10-7(4)11-6/h1-3H,(H,10,11)(H,12,13). The van der Waals surface area contributed by atoms with E-state index >= 15 is 0 Å². The summed E-state index contributed by atoms with van der Waals surface area (Å²) in [6.07, 6.45) is 1.44. The van der Waals surface area contributed by atoms with Gasteiger partial charge >= 0.3 is 5.97 Å². The zero-order chi connectivity index (χ0) is 9.42. The molecule has 4 nitrogen and oxygen atoms in total. The molecule has 0 unspecified atom stereocenters. The van der Waals surface area contributed by atoms with E-state index in [1.54, 1.807) is 12.1 Å². The third-order valence-corrected chi connectivity index (χ3v) is 2.18. The van der Waals surface area contributed by atoms with Crippen LogP contribution in [0.1, 0.15) is 10.4 Å². The van der Waals surface area contributed by atoms with Gasteiger partial charge < -0.3 is 10.1 Å². The van der Waals surface area contributed by atoms with E-state index in [1.165, 1.54) is 6.20 Å². The molecule has 0 aliphatic heterocycles. The molecule has 2 heterocycles. The number of halogens is 1. The minimum Gasteiger partial charge on any atom is -0.478 e. The number of aromatic amines is 1. The molecule has 0 saturated heterocycles. The molecule has 5 heteroatoms. The number of nitrogens with zero attached hydrogens (tertiary/aromatic N) is 1. The second-order valence-electron chi connectivity index (χ2n) is 2.54. The molecule has 0 bridgehead atoms. The fourth-order valence-corrected chi connectivity index (χ4v) is 1.47. The average molecular weight is 241 g/mol. The average Bonchev–Trinajstić information content (AvgIpc) is 2.46. The zero-order valence-electron chi connectivity index (χ0n) is 6.41. The van der Waals surface area contributed by atoms with Crippen LogP contribution in [0.2, 0.25) is 0 Å². The fraction of sp³-hybridized carbons (Fsp3) is 0. The first-order valence-corrected chi connectivity index (χ1v) is 4.34. The van der Waals surface area contributed by atoms with Gasteiger partial charge in [0.05, 0.1) is 5.56 Å². The SMILES string of the molecule is O=C(O)c1c[nH]c2nc(Br)ccc12. The third-order valence-electron chi connectivity index (χ3n) is 1.74. The van der Waals surface area contributed by atoms with Gasteiger partial charge in [0.2, 0.25) is 0 Å². The van der Waals surface area contributed by atoms with Crippen molar-refractivity contribution in [1.82, 2.24) is 9.97 Å². The molecule has 2 aromatic heterocycles. The lowest BCUT2D eigenvalue weighted by Crippen LogP contribution is -1.93. The van der Waals surface area contributed by atoms with Crippen molar-refractivity contribution >= 4 is 32.9 Å². The van der Waals surface area contributed by atoms with Gasteiger partial charge in [-0.2, -0.15) is 0 Å². The van der Waals surface area contributed by atoms with Crippen molar-refractivity contribution in [2.75, 3.05) is 0 Å². The molecule has 66 valence electrons. The van der Waals surface area contributed by atoms with E-state index in [0.29, 0.717) is 15.6 Å². The molecule has 2 N–H and O–H groups in total. The number of hydrogen-bond acceptors (Lipinski definition) is 2. The normalized spacial score (nSPS) is 10.5. The van der Waals surface area contributed by atoms with Crippen LogP contribution < -0.4 is 0 Å². The van der Waals surface area contributed by atoms with Gasteiger partial charge in [0.25, 0.3) is 0 Å². The molecule has 0 fully saturated rings. The van der Waals surface area contributed by atoms with Crippen LogP contribution in [0.15, 0.2) is 22.9 Å². The topological polar surface area (TPSA) is 66.0 Å². The van der Waals surface area contributed by atoms with Crippen LogP contribution in [0.25, 0.3) is 11.0 Å². The van der Waals surface area contributed by atoms with E-state index < -0.39 is 5.97 Å². The Morgan fingerprint density at radius 2 is 2.31 bits per heavy atom. The quantitative estimate of drug-likeness (QED) is 0.750. The van der Waals surface area contributed by atoms with E-state index in [0.717, 1.165) is 0 Å². The van der Waals surface area contributed by atoms with Crippen molar-refractivity contribution in [3.8, 4) is 0 Å². The lowest BCUT2D eigenvalue weighted by atomic mass is 10.2. The number of fused-ring (bicyclic) bond motifs is 1. The van der Waals surface area contributed by atoms with Gasteiger partial charge in [-0.1, -0.05) is 0 Å². The fourth-order valence-electron chi connectivity index (χ4n) is 1.16. The van der Waals surface area contributed by atoms with Crippen LogP contribution in [0, 0.1) is 0 Å². The first-order chi connectivity index (χ1) is 6.18. The van der Waals surface area contributed by atoms with Crippen LogP contribution in [-0.2, 0) is 0 Å². The third kappa shape index (κ3) is 1.31. The Bertz CT molecular complexity index is 478. The van der Waals surface area contributed by atoms with E-state index in [1.807, 2.05) is 0 Å². The lowest BCUT2D eigenvalue weighted by molar-refractivity contribution is 0.0699. The van der Waals surface area contributed by atoms with Crippen molar-refractivity contribution in [3.05, 3.63) is 28.5 Å². The molecule has 2 rings (SSSR count). The maximum atomic E-state index is 10.7. The number of H-pyrrole nitrogens is 1. The molecule has 0 spiro atoms. The largest absolute Gasteiger partial charge is 0.478 e. The number of hydrogen-bond donors (Lipinski definition) is 2. The molecule has 0 aliphatic carbocycles. The number of aromatic carboxylic acids is 1. The van der Waals surface area contributed by atoms with Gasteiger partial charge in [-0.05, 0) is 28.1 Å². The first kappa shape index (κ1) is 8.25. The number of rotatable bonds is 1. The van der Waals surface area contributed by atoms with E-state index in [2.05, 4.69) is 25.9 Å². The Morgan fingerprint density at radius 3 is 3.00 bits per heavy atom. The first-order valence-electron chi connectivity index (χ1n) is 3.55. The summed E-state index contributed by atoms with van der Waals surface area (Å²) in [5, 5.41) is 9.40. The molecule has 0 amide bonds. The maximum Gasteiger partial charge on any atom is 0.337 e. The minimum absolute atomic E-state index is 0.245. The van der Waals surface area contributed by atoms with E-state index in [4.69, 9.17) is 5.11 Å². The van der Waals surface area contributed by atoms with E-state index in [9.17, 15) is 4.79 Å². The molecule has 0 atom stereocenters. The zero-order valence-corrected chi connectivity index (χ0v) is 8.00. The van der Waals surface area contributed by atoms with E-state index in [-0.39, 0.29) is 5.56 Å². The summed E-state index contributed by atoms with van der Waals surface area (Å²) in [7, 11) is 0. The number of carboxylic acids is 1. The predicted octanol–water partition coefficient (Wildman–Crippen LogP) is 2.02. The van der Waals surface area contributed by atoms with Gasteiger partial charge in [-0.3, -0.25) is 0 Å². The van der Waals surface area contributed by atoms with Crippen molar-refractivity contribution in [2.24, 2.45) is 0 Å². The van der Waals surface area contributed by atoms with Gasteiger partial charge in [0.1, 0.15) is 10.3 Å². The summed E-state index contributed by atoms with van der Waals surface area (Å²) < 4.78 is 0.679. The highest BCUT2D eigenvalue weighted by molar-refractivity contribution is 9.10. The number of carbonyl (C=O) groups is 1. The highest BCUT2D eigenvalue weighted by atomic mass is 79.9. The molecule has 2 aromatic rings. The summed E-state index contributed by atoms with van der Waals surface area (Å²) >= 11 is 3.20. The summed E-state index contributed by atoms with van der Waals surface area (Å²) in [5.41, 5.74) is 0.821. The second kappa shape index (κ2) is 2.85. The number of aromatic nitrogens is 2. The molecule has 0 aliphatic rings. The molecule has 13 heavy (non-hydrogen) atoms. The molecule has 0 aromatic carbocycles. The van der Waals surface area contributed by atoms with Gasteiger partial charge in [0, 0.05) is 11.6 Å². The summed E-state index contributed by atoms with van der Waals surface area (Å²) in [6.45, 7) is 0. The minimum atomic E-state index is -0.949. The predicted molar refractivity (Wildman–Crippen MR) is 50.8 cm³/mol. The van der Waals surface area contributed by atoms with Crippen molar-refractivity contribution in [3.63, 3.8) is 0 Å². The van der Waals surface area contributed by atoms with Crippen LogP contribution in [-0.4, -0.2) is 21.0 Å². The second-order valence-corrected chi connectivity index (χ2v) is 3.35. The lowest BCUT2D eigenvalue weighted by Gasteiger charge is -1.91. The summed E-state index contributed by atoms with van der Waals surface area (Å²) in [6, 6.07) is 3.43.